The van der Waals surface area contributed by atoms with Gasteiger partial charge in [-0.15, -0.1) is 11.8 Å². The number of aliphatic hydroxyl groups is 1. The molecular formula is C12H17NO4S. The van der Waals surface area contributed by atoms with Crippen molar-refractivity contribution in [2.75, 3.05) is 13.4 Å². The summed E-state index contributed by atoms with van der Waals surface area (Å²) in [4.78, 5) is 11.5. The molecule has 6 heteroatoms. The molecule has 0 radical (unpaired) electrons. The van der Waals surface area contributed by atoms with E-state index in [-0.39, 0.29) is 0 Å². The van der Waals surface area contributed by atoms with E-state index >= 15 is 0 Å². The van der Waals surface area contributed by atoms with Crippen LogP contribution < -0.4 is 10.1 Å². The Kier molecular flexibility index (Phi) is 5.30. The topological polar surface area (TPSA) is 78.8 Å². The monoisotopic (exact) mass is 271 g/mol. The predicted octanol–water partition coefficient (Wildman–Crippen LogP) is 2.11. The lowest BCUT2D eigenvalue weighted by atomic mass is 10.0. The molecule has 100 valence electrons. The van der Waals surface area contributed by atoms with E-state index in [1.54, 1.807) is 37.9 Å². The summed E-state index contributed by atoms with van der Waals surface area (Å²) in [6.45, 7) is 1.60. The smallest absolute Gasteiger partial charge is 0.404 e. The van der Waals surface area contributed by atoms with Crippen molar-refractivity contribution in [3.63, 3.8) is 0 Å². The molecule has 0 aliphatic carbocycles. The first-order valence-electron chi connectivity index (χ1n) is 5.39. The van der Waals surface area contributed by atoms with Crippen LogP contribution >= 0.6 is 11.8 Å². The van der Waals surface area contributed by atoms with Crippen LogP contribution in [0.25, 0.3) is 0 Å². The van der Waals surface area contributed by atoms with Gasteiger partial charge in [0.05, 0.1) is 19.3 Å². The minimum atomic E-state index is -1.16. The first kappa shape index (κ1) is 14.7. The third kappa shape index (κ3) is 3.54. The zero-order valence-electron chi connectivity index (χ0n) is 10.5. The number of benzene rings is 1. The van der Waals surface area contributed by atoms with Gasteiger partial charge in [-0.05, 0) is 30.9 Å². The van der Waals surface area contributed by atoms with Crippen LogP contribution in [0.4, 0.5) is 4.79 Å². The van der Waals surface area contributed by atoms with Gasteiger partial charge in [-0.25, -0.2) is 4.79 Å². The molecule has 0 fully saturated rings. The molecule has 0 saturated carbocycles. The van der Waals surface area contributed by atoms with Crippen molar-refractivity contribution >= 4 is 17.9 Å². The van der Waals surface area contributed by atoms with E-state index in [0.29, 0.717) is 11.3 Å². The van der Waals surface area contributed by atoms with E-state index in [1.165, 1.54) is 0 Å². The third-order valence-corrected chi connectivity index (χ3v) is 3.35. The van der Waals surface area contributed by atoms with Crippen molar-refractivity contribution in [3.8, 4) is 5.75 Å². The first-order chi connectivity index (χ1) is 8.49. The van der Waals surface area contributed by atoms with Gasteiger partial charge in [0.2, 0.25) is 0 Å². The number of methoxy groups -OCH3 is 1. The molecule has 0 aromatic heterocycles. The second-order valence-corrected chi connectivity index (χ2v) is 4.65. The number of hydrogen-bond acceptors (Lipinski definition) is 4. The fraction of sp³-hybridized carbons (Fsp3) is 0.417. The van der Waals surface area contributed by atoms with Crippen molar-refractivity contribution in [3.05, 3.63) is 23.8 Å². The zero-order valence-corrected chi connectivity index (χ0v) is 11.3. The Morgan fingerprint density at radius 1 is 1.50 bits per heavy atom. The van der Waals surface area contributed by atoms with Gasteiger partial charge in [-0.2, -0.15) is 0 Å². The summed E-state index contributed by atoms with van der Waals surface area (Å²) in [5.74, 6) is 0.668. The SMILES string of the molecule is COc1cc(C(O)C(C)NC(=O)O)ccc1SC. The van der Waals surface area contributed by atoms with Gasteiger partial charge in [0.15, 0.2) is 0 Å². The van der Waals surface area contributed by atoms with E-state index in [0.717, 1.165) is 4.90 Å². The standard InChI is InChI=1S/C12H17NO4S/c1-7(13-12(15)16)11(14)8-4-5-10(18-3)9(6-8)17-2/h4-7,11,13-14H,1-3H3,(H,15,16). The number of carboxylic acid groups (broad SMARTS) is 1. The number of rotatable bonds is 5. The minimum absolute atomic E-state index is 0.590. The fourth-order valence-corrected chi connectivity index (χ4v) is 2.15. The van der Waals surface area contributed by atoms with E-state index in [1.807, 2.05) is 12.3 Å². The summed E-state index contributed by atoms with van der Waals surface area (Å²) in [5.41, 5.74) is 0.617. The highest BCUT2D eigenvalue weighted by Gasteiger charge is 2.19. The molecule has 3 N–H and O–H groups in total. The zero-order chi connectivity index (χ0) is 13.7. The van der Waals surface area contributed by atoms with E-state index < -0.39 is 18.2 Å². The molecule has 0 aliphatic heterocycles. The molecule has 0 saturated heterocycles. The average Bonchev–Trinajstić information content (AvgIpc) is 2.36. The number of carbonyl (C=O) groups is 1. The van der Waals surface area contributed by atoms with Gasteiger partial charge in [-0.1, -0.05) is 6.07 Å². The molecule has 0 aliphatic rings. The number of aliphatic hydroxyl groups excluding tert-OH is 1. The number of thioether (sulfide) groups is 1. The van der Waals surface area contributed by atoms with Crippen molar-refractivity contribution in [1.82, 2.24) is 5.32 Å². The molecule has 0 bridgehead atoms. The average molecular weight is 271 g/mol. The van der Waals surface area contributed by atoms with E-state index in [2.05, 4.69) is 5.32 Å². The van der Waals surface area contributed by atoms with Gasteiger partial charge >= 0.3 is 6.09 Å². The molecule has 5 nitrogen and oxygen atoms in total. The van der Waals surface area contributed by atoms with Crippen LogP contribution in [0, 0.1) is 0 Å². The summed E-state index contributed by atoms with van der Waals surface area (Å²) in [6, 6.07) is 4.73. The normalized spacial score (nSPS) is 13.8. The van der Waals surface area contributed by atoms with Gasteiger partial charge < -0.3 is 20.3 Å². The highest BCUT2D eigenvalue weighted by Crippen LogP contribution is 2.31. The molecular weight excluding hydrogens is 254 g/mol. The molecule has 1 aromatic rings. The van der Waals surface area contributed by atoms with Crippen molar-refractivity contribution in [2.24, 2.45) is 0 Å². The van der Waals surface area contributed by atoms with Crippen molar-refractivity contribution in [2.45, 2.75) is 24.0 Å². The van der Waals surface area contributed by atoms with Crippen LogP contribution in [0.1, 0.15) is 18.6 Å². The maximum atomic E-state index is 10.5. The highest BCUT2D eigenvalue weighted by atomic mass is 32.2. The Morgan fingerprint density at radius 3 is 2.67 bits per heavy atom. The Morgan fingerprint density at radius 2 is 2.17 bits per heavy atom. The number of ether oxygens (including phenoxy) is 1. The lowest BCUT2D eigenvalue weighted by Gasteiger charge is -2.20. The summed E-state index contributed by atoms with van der Waals surface area (Å²) in [5, 5.41) is 20.9. The Balaban J connectivity index is 2.92. The van der Waals surface area contributed by atoms with Crippen molar-refractivity contribution < 1.29 is 19.7 Å². The van der Waals surface area contributed by atoms with Crippen LogP contribution in [-0.2, 0) is 0 Å². The van der Waals surface area contributed by atoms with Crippen LogP contribution in [-0.4, -0.2) is 35.7 Å². The molecule has 18 heavy (non-hydrogen) atoms. The molecule has 1 aromatic carbocycles. The van der Waals surface area contributed by atoms with Crippen LogP contribution in [0.2, 0.25) is 0 Å². The Bertz CT molecular complexity index is 425. The summed E-state index contributed by atoms with van der Waals surface area (Å²) in [6.07, 6.45) is -0.136. The number of amides is 1. The Hall–Kier alpha value is -1.40. The first-order valence-corrected chi connectivity index (χ1v) is 6.61. The van der Waals surface area contributed by atoms with Crippen LogP contribution in [0.15, 0.2) is 23.1 Å². The van der Waals surface area contributed by atoms with Gasteiger partial charge in [0, 0.05) is 4.90 Å². The van der Waals surface area contributed by atoms with E-state index in [4.69, 9.17) is 9.84 Å². The largest absolute Gasteiger partial charge is 0.496 e. The maximum Gasteiger partial charge on any atom is 0.404 e. The van der Waals surface area contributed by atoms with Crippen molar-refractivity contribution in [1.29, 1.82) is 0 Å². The number of hydrogen-bond donors (Lipinski definition) is 3. The van der Waals surface area contributed by atoms with Gasteiger partial charge in [0.1, 0.15) is 5.75 Å². The van der Waals surface area contributed by atoms with Gasteiger partial charge in [0.25, 0.3) is 0 Å². The number of nitrogens with one attached hydrogen (secondary N) is 1. The maximum absolute atomic E-state index is 10.5. The van der Waals surface area contributed by atoms with Crippen LogP contribution in [0.3, 0.4) is 0 Å². The molecule has 1 rings (SSSR count). The van der Waals surface area contributed by atoms with Gasteiger partial charge in [-0.3, -0.25) is 0 Å². The molecule has 2 atom stereocenters. The third-order valence-electron chi connectivity index (χ3n) is 2.57. The molecule has 0 heterocycles. The van der Waals surface area contributed by atoms with E-state index in [9.17, 15) is 9.90 Å². The summed E-state index contributed by atoms with van der Waals surface area (Å²) < 4.78 is 5.22. The summed E-state index contributed by atoms with van der Waals surface area (Å²) >= 11 is 1.54. The lowest BCUT2D eigenvalue weighted by Crippen LogP contribution is -2.35. The lowest BCUT2D eigenvalue weighted by molar-refractivity contribution is 0.127. The Labute approximate surface area is 110 Å². The second-order valence-electron chi connectivity index (χ2n) is 3.80. The molecule has 1 amide bonds. The second kappa shape index (κ2) is 6.51. The summed E-state index contributed by atoms with van der Waals surface area (Å²) in [7, 11) is 1.56. The van der Waals surface area contributed by atoms with Crippen LogP contribution in [0.5, 0.6) is 5.75 Å². The molecule has 2 unspecified atom stereocenters. The molecule has 0 spiro atoms. The predicted molar refractivity (Wildman–Crippen MR) is 70.4 cm³/mol. The highest BCUT2D eigenvalue weighted by molar-refractivity contribution is 7.98. The minimum Gasteiger partial charge on any atom is -0.496 e. The quantitative estimate of drug-likeness (QED) is 0.715. The fourth-order valence-electron chi connectivity index (χ4n) is 1.60.